The number of hydrogen-bond acceptors (Lipinski definition) is 4. The van der Waals surface area contributed by atoms with Crippen molar-refractivity contribution in [1.29, 1.82) is 0 Å². The number of rotatable bonds is 5. The fraction of sp³-hybridized carbons (Fsp3) is 0.667. The van der Waals surface area contributed by atoms with Gasteiger partial charge < -0.3 is 10.3 Å². The summed E-state index contributed by atoms with van der Waals surface area (Å²) in [6.45, 7) is 0.671. The second-order valence-corrected chi connectivity index (χ2v) is 5.93. The van der Waals surface area contributed by atoms with E-state index in [2.05, 4.69) is 15.3 Å². The molecule has 2 fully saturated rings. The summed E-state index contributed by atoms with van der Waals surface area (Å²) in [5, 5.41) is 3.21. The first kappa shape index (κ1) is 14.3. The quantitative estimate of drug-likeness (QED) is 0.793. The van der Waals surface area contributed by atoms with Crippen molar-refractivity contribution in [2.75, 3.05) is 6.54 Å². The lowest BCUT2D eigenvalue weighted by molar-refractivity contribution is -0.142. The smallest absolute Gasteiger partial charge is 0.247 e. The summed E-state index contributed by atoms with van der Waals surface area (Å²) in [6, 6.07) is -0.208. The average molecular weight is 290 g/mol. The highest BCUT2D eigenvalue weighted by Gasteiger charge is 2.42. The molecule has 1 atom stereocenters. The number of carbonyl (C=O) groups excluding carboxylic acids is 2. The number of hydrogen-bond donors (Lipinski definition) is 2. The Morgan fingerprint density at radius 1 is 1.29 bits per heavy atom. The molecule has 1 aliphatic heterocycles. The van der Waals surface area contributed by atoms with Crippen LogP contribution in [0.1, 0.15) is 44.2 Å². The molecule has 0 spiro atoms. The molecule has 3 rings (SSSR count). The van der Waals surface area contributed by atoms with E-state index in [9.17, 15) is 9.59 Å². The van der Waals surface area contributed by atoms with Gasteiger partial charge in [0.05, 0.1) is 18.8 Å². The van der Waals surface area contributed by atoms with Crippen LogP contribution in [0.5, 0.6) is 0 Å². The summed E-state index contributed by atoms with van der Waals surface area (Å²) >= 11 is 0. The van der Waals surface area contributed by atoms with Crippen LogP contribution in [0.3, 0.4) is 0 Å². The van der Waals surface area contributed by atoms with E-state index in [1.54, 1.807) is 12.5 Å². The van der Waals surface area contributed by atoms with Gasteiger partial charge in [-0.05, 0) is 12.8 Å². The van der Waals surface area contributed by atoms with E-state index < -0.39 is 0 Å². The van der Waals surface area contributed by atoms with Crippen molar-refractivity contribution >= 4 is 11.8 Å². The van der Waals surface area contributed by atoms with Crippen molar-refractivity contribution < 1.29 is 9.59 Å². The molecule has 2 heterocycles. The predicted octanol–water partition coefficient (Wildman–Crippen LogP) is 1.00. The maximum absolute atomic E-state index is 12.4. The van der Waals surface area contributed by atoms with Crippen LogP contribution >= 0.6 is 0 Å². The first-order valence-corrected chi connectivity index (χ1v) is 7.82. The van der Waals surface area contributed by atoms with E-state index in [0.29, 0.717) is 13.0 Å². The summed E-state index contributed by atoms with van der Waals surface area (Å²) in [5.74, 6) is -0.0394. The van der Waals surface area contributed by atoms with Crippen LogP contribution in [0.2, 0.25) is 0 Å². The van der Waals surface area contributed by atoms with Crippen molar-refractivity contribution in [1.82, 2.24) is 20.2 Å². The Hall–Kier alpha value is -1.69. The van der Waals surface area contributed by atoms with Crippen LogP contribution in [0.4, 0.5) is 0 Å². The number of amides is 2. The van der Waals surface area contributed by atoms with Crippen LogP contribution < -0.4 is 5.32 Å². The van der Waals surface area contributed by atoms with Crippen molar-refractivity contribution in [2.45, 2.75) is 57.0 Å². The first-order valence-electron chi connectivity index (χ1n) is 7.82. The number of nitrogens with zero attached hydrogens (tertiary/aromatic N) is 2. The van der Waals surface area contributed by atoms with Crippen molar-refractivity contribution in [3.05, 3.63) is 18.2 Å². The van der Waals surface area contributed by atoms with Crippen molar-refractivity contribution in [2.24, 2.45) is 0 Å². The minimum absolute atomic E-state index is 0.00839. The zero-order valence-electron chi connectivity index (χ0n) is 12.2. The predicted molar refractivity (Wildman–Crippen MR) is 77.4 cm³/mol. The highest BCUT2D eigenvalue weighted by Crippen LogP contribution is 2.27. The summed E-state index contributed by atoms with van der Waals surface area (Å²) in [7, 11) is 0. The molecule has 1 aromatic rings. The molecule has 114 valence electrons. The molecular formula is C15H22N4O2. The van der Waals surface area contributed by atoms with Gasteiger partial charge in [-0.1, -0.05) is 19.3 Å². The van der Waals surface area contributed by atoms with Gasteiger partial charge >= 0.3 is 0 Å². The number of likely N-dealkylation sites (tertiary alicyclic amines) is 1. The summed E-state index contributed by atoms with van der Waals surface area (Å²) < 4.78 is 0. The lowest BCUT2D eigenvalue weighted by Gasteiger charge is -2.29. The summed E-state index contributed by atoms with van der Waals surface area (Å²) in [6.07, 6.45) is 9.91. The Morgan fingerprint density at radius 3 is 2.81 bits per heavy atom. The lowest BCUT2D eigenvalue weighted by atomic mass is 9.94. The Labute approximate surface area is 124 Å². The van der Waals surface area contributed by atoms with E-state index in [4.69, 9.17) is 0 Å². The monoisotopic (exact) mass is 290 g/mol. The third kappa shape index (κ3) is 3.15. The zero-order chi connectivity index (χ0) is 14.7. The summed E-state index contributed by atoms with van der Waals surface area (Å²) in [5.41, 5.74) is 1.03. The third-order valence-electron chi connectivity index (χ3n) is 4.46. The molecule has 1 saturated carbocycles. The highest BCUT2D eigenvalue weighted by atomic mass is 16.2. The summed E-state index contributed by atoms with van der Waals surface area (Å²) in [4.78, 5) is 33.1. The van der Waals surface area contributed by atoms with Gasteiger partial charge in [0.25, 0.3) is 0 Å². The fourth-order valence-corrected chi connectivity index (χ4v) is 3.34. The van der Waals surface area contributed by atoms with Crippen LogP contribution in [-0.4, -0.2) is 45.3 Å². The topological polar surface area (TPSA) is 78.1 Å². The van der Waals surface area contributed by atoms with Gasteiger partial charge in [0.15, 0.2) is 0 Å². The Kier molecular flexibility index (Phi) is 4.34. The minimum atomic E-state index is -0.345. The van der Waals surface area contributed by atoms with Crippen molar-refractivity contribution in [3.8, 4) is 0 Å². The molecule has 2 N–H and O–H groups in total. The number of imide groups is 1. The number of carbonyl (C=O) groups is 2. The molecule has 0 bridgehead atoms. The van der Waals surface area contributed by atoms with Gasteiger partial charge in [-0.25, -0.2) is 4.98 Å². The van der Waals surface area contributed by atoms with E-state index in [-0.39, 0.29) is 23.9 Å². The van der Waals surface area contributed by atoms with Gasteiger partial charge in [-0.15, -0.1) is 0 Å². The lowest BCUT2D eigenvalue weighted by Crippen LogP contribution is -2.45. The Bertz CT molecular complexity index is 494. The van der Waals surface area contributed by atoms with Crippen molar-refractivity contribution in [3.63, 3.8) is 0 Å². The second kappa shape index (κ2) is 6.39. The van der Waals surface area contributed by atoms with Crippen LogP contribution in [0, 0.1) is 0 Å². The number of nitrogens with one attached hydrogen (secondary N) is 2. The zero-order valence-corrected chi connectivity index (χ0v) is 12.2. The van der Waals surface area contributed by atoms with Crippen LogP contribution in [0.15, 0.2) is 12.5 Å². The molecule has 1 aromatic heterocycles. The SMILES string of the molecule is O=C1CC(NCCc2cnc[nH]2)C(=O)N1C1CCCCC1. The number of aromatic amines is 1. The van der Waals surface area contributed by atoms with E-state index >= 15 is 0 Å². The number of imidazole rings is 1. The standard InChI is InChI=1S/C15H22N4O2/c20-14-8-13(17-7-6-11-9-16-10-18-11)15(21)19(14)12-4-2-1-3-5-12/h9-10,12-13,17H,1-8H2,(H,16,18). The molecule has 1 unspecified atom stereocenters. The minimum Gasteiger partial charge on any atom is -0.348 e. The molecule has 2 amide bonds. The van der Waals surface area contributed by atoms with Gasteiger partial charge in [0.2, 0.25) is 11.8 Å². The van der Waals surface area contributed by atoms with E-state index in [1.165, 1.54) is 11.3 Å². The molecule has 6 nitrogen and oxygen atoms in total. The molecule has 2 aliphatic rings. The Morgan fingerprint density at radius 2 is 2.10 bits per heavy atom. The van der Waals surface area contributed by atoms with E-state index in [0.717, 1.165) is 37.8 Å². The molecule has 1 aliphatic carbocycles. The highest BCUT2D eigenvalue weighted by molar-refractivity contribution is 6.05. The maximum atomic E-state index is 12.4. The number of aromatic nitrogens is 2. The van der Waals surface area contributed by atoms with Crippen LogP contribution in [0.25, 0.3) is 0 Å². The first-order chi connectivity index (χ1) is 10.3. The van der Waals surface area contributed by atoms with E-state index in [1.807, 2.05) is 0 Å². The molecule has 21 heavy (non-hydrogen) atoms. The van der Waals surface area contributed by atoms with Gasteiger partial charge in [0, 0.05) is 30.9 Å². The molecule has 1 saturated heterocycles. The average Bonchev–Trinajstić information content (AvgIpc) is 3.09. The van der Waals surface area contributed by atoms with Gasteiger partial charge in [-0.2, -0.15) is 0 Å². The number of H-pyrrole nitrogens is 1. The van der Waals surface area contributed by atoms with Gasteiger partial charge in [-0.3, -0.25) is 14.5 Å². The molecule has 6 heteroatoms. The largest absolute Gasteiger partial charge is 0.348 e. The normalized spacial score (nSPS) is 24.0. The third-order valence-corrected chi connectivity index (χ3v) is 4.46. The molecule has 0 radical (unpaired) electrons. The second-order valence-electron chi connectivity index (χ2n) is 5.93. The van der Waals surface area contributed by atoms with Crippen LogP contribution in [-0.2, 0) is 16.0 Å². The maximum Gasteiger partial charge on any atom is 0.247 e. The fourth-order valence-electron chi connectivity index (χ4n) is 3.34. The Balaban J connectivity index is 1.53. The molecule has 0 aromatic carbocycles. The molecular weight excluding hydrogens is 268 g/mol. The van der Waals surface area contributed by atoms with Gasteiger partial charge in [0.1, 0.15) is 0 Å².